The highest BCUT2D eigenvalue weighted by molar-refractivity contribution is 5.65. The standard InChI is InChI=1S/C20H16/c1-2-14-7-8-16-10-12-17-11-9-15-5-3-4-6-18(15)20(17)19(16)13-14/h1,4,6-13,17,20H,3,5H2. The van der Waals surface area contributed by atoms with Crippen molar-refractivity contribution in [2.45, 2.75) is 18.8 Å². The maximum absolute atomic E-state index is 5.57. The summed E-state index contributed by atoms with van der Waals surface area (Å²) in [4.78, 5) is 0. The minimum atomic E-state index is 0.444. The molecular formula is C20H16. The number of rotatable bonds is 0. The van der Waals surface area contributed by atoms with E-state index in [0.29, 0.717) is 11.8 Å². The molecule has 96 valence electrons. The summed E-state index contributed by atoms with van der Waals surface area (Å²) in [5, 5.41) is 0. The number of hydrogen-bond acceptors (Lipinski definition) is 0. The van der Waals surface area contributed by atoms with Crippen molar-refractivity contribution in [2.24, 2.45) is 5.92 Å². The average molecular weight is 256 g/mol. The molecule has 2 unspecified atom stereocenters. The minimum Gasteiger partial charge on any atom is -0.115 e. The van der Waals surface area contributed by atoms with Gasteiger partial charge in [0.25, 0.3) is 0 Å². The zero-order chi connectivity index (χ0) is 13.5. The van der Waals surface area contributed by atoms with Gasteiger partial charge in [0.2, 0.25) is 0 Å². The molecule has 1 aromatic rings. The van der Waals surface area contributed by atoms with E-state index in [2.05, 4.69) is 54.5 Å². The van der Waals surface area contributed by atoms with Crippen LogP contribution in [0.3, 0.4) is 0 Å². The van der Waals surface area contributed by atoms with Crippen LogP contribution in [-0.4, -0.2) is 0 Å². The molecule has 0 aliphatic heterocycles. The number of hydrogen-bond donors (Lipinski definition) is 0. The summed E-state index contributed by atoms with van der Waals surface area (Å²) >= 11 is 0. The van der Waals surface area contributed by atoms with Crippen LogP contribution in [0.5, 0.6) is 0 Å². The number of fused-ring (bicyclic) bond motifs is 4. The lowest BCUT2D eigenvalue weighted by molar-refractivity contribution is 0.651. The smallest absolute Gasteiger partial charge is 0.0245 e. The normalized spacial score (nSPS) is 25.8. The second-order valence-corrected chi connectivity index (χ2v) is 5.68. The second kappa shape index (κ2) is 4.39. The van der Waals surface area contributed by atoms with Gasteiger partial charge in [-0.05, 0) is 47.2 Å². The van der Waals surface area contributed by atoms with E-state index in [4.69, 9.17) is 6.42 Å². The molecule has 1 aromatic carbocycles. The summed E-state index contributed by atoms with van der Waals surface area (Å²) in [6.07, 6.45) is 21.8. The molecule has 20 heavy (non-hydrogen) atoms. The zero-order valence-corrected chi connectivity index (χ0v) is 11.3. The maximum Gasteiger partial charge on any atom is 0.0245 e. The van der Waals surface area contributed by atoms with Gasteiger partial charge in [0.05, 0.1) is 0 Å². The Hall–Kier alpha value is -2.26. The first-order valence-corrected chi connectivity index (χ1v) is 7.23. The average Bonchev–Trinajstić information content (AvgIpc) is 2.53. The van der Waals surface area contributed by atoms with E-state index in [1.54, 1.807) is 0 Å². The highest BCUT2D eigenvalue weighted by Gasteiger charge is 2.31. The Balaban J connectivity index is 1.91. The van der Waals surface area contributed by atoms with Crippen LogP contribution in [0.25, 0.3) is 6.08 Å². The molecule has 0 spiro atoms. The van der Waals surface area contributed by atoms with Crippen molar-refractivity contribution in [3.8, 4) is 12.3 Å². The monoisotopic (exact) mass is 256 g/mol. The third-order valence-corrected chi connectivity index (χ3v) is 4.57. The van der Waals surface area contributed by atoms with E-state index >= 15 is 0 Å². The Morgan fingerprint density at radius 3 is 2.90 bits per heavy atom. The third kappa shape index (κ3) is 1.63. The molecule has 0 saturated carbocycles. The highest BCUT2D eigenvalue weighted by Crippen LogP contribution is 2.46. The molecule has 3 aliphatic carbocycles. The van der Waals surface area contributed by atoms with E-state index in [1.807, 2.05) is 6.07 Å². The molecule has 0 bridgehead atoms. The number of allylic oxidation sites excluding steroid dienone is 7. The Bertz CT molecular complexity index is 732. The van der Waals surface area contributed by atoms with E-state index in [9.17, 15) is 0 Å². The fourth-order valence-electron chi connectivity index (χ4n) is 3.58. The summed E-state index contributed by atoms with van der Waals surface area (Å²) in [5.74, 6) is 3.68. The van der Waals surface area contributed by atoms with E-state index in [-0.39, 0.29) is 0 Å². The van der Waals surface area contributed by atoms with Gasteiger partial charge in [-0.25, -0.2) is 0 Å². The molecular weight excluding hydrogens is 240 g/mol. The van der Waals surface area contributed by atoms with Gasteiger partial charge in [-0.1, -0.05) is 48.4 Å². The van der Waals surface area contributed by atoms with Crippen LogP contribution >= 0.6 is 0 Å². The van der Waals surface area contributed by atoms with E-state index in [1.165, 1.54) is 28.7 Å². The Morgan fingerprint density at radius 1 is 1.10 bits per heavy atom. The first-order valence-electron chi connectivity index (χ1n) is 7.23. The van der Waals surface area contributed by atoms with Crippen LogP contribution in [-0.2, 0) is 0 Å². The summed E-state index contributed by atoms with van der Waals surface area (Å²) < 4.78 is 0. The lowest BCUT2D eigenvalue weighted by atomic mass is 9.69. The van der Waals surface area contributed by atoms with Crippen LogP contribution in [0.15, 0.2) is 59.7 Å². The minimum absolute atomic E-state index is 0.444. The topological polar surface area (TPSA) is 0 Å². The number of benzene rings is 1. The molecule has 0 nitrogen and oxygen atoms in total. The van der Waals surface area contributed by atoms with Gasteiger partial charge < -0.3 is 0 Å². The third-order valence-electron chi connectivity index (χ3n) is 4.57. The van der Waals surface area contributed by atoms with Gasteiger partial charge in [-0.15, -0.1) is 6.42 Å². The Kier molecular flexibility index (Phi) is 2.54. The predicted octanol–water partition coefficient (Wildman–Crippen LogP) is 4.61. The van der Waals surface area contributed by atoms with Crippen LogP contribution in [0, 0.1) is 18.3 Å². The lowest BCUT2D eigenvalue weighted by Crippen LogP contribution is -2.20. The van der Waals surface area contributed by atoms with Gasteiger partial charge in [0.15, 0.2) is 0 Å². The quantitative estimate of drug-likeness (QED) is 0.595. The van der Waals surface area contributed by atoms with Gasteiger partial charge >= 0.3 is 0 Å². The molecule has 0 heterocycles. The first-order chi connectivity index (χ1) is 9.86. The number of terminal acetylenes is 1. The summed E-state index contributed by atoms with van der Waals surface area (Å²) in [6, 6.07) is 6.39. The predicted molar refractivity (Wildman–Crippen MR) is 84.2 cm³/mol. The maximum atomic E-state index is 5.57. The lowest BCUT2D eigenvalue weighted by Gasteiger charge is -2.34. The Labute approximate surface area is 120 Å². The fraction of sp³-hybridized carbons (Fsp3) is 0.200. The van der Waals surface area contributed by atoms with Crippen molar-refractivity contribution in [2.75, 3.05) is 0 Å². The van der Waals surface area contributed by atoms with Gasteiger partial charge in [0.1, 0.15) is 0 Å². The molecule has 0 amide bonds. The molecule has 2 atom stereocenters. The van der Waals surface area contributed by atoms with Gasteiger partial charge in [0, 0.05) is 17.4 Å². The van der Waals surface area contributed by atoms with E-state index < -0.39 is 0 Å². The second-order valence-electron chi connectivity index (χ2n) is 5.68. The first kappa shape index (κ1) is 11.6. The van der Waals surface area contributed by atoms with Crippen LogP contribution in [0.1, 0.15) is 35.4 Å². The molecule has 3 aliphatic rings. The summed E-state index contributed by atoms with van der Waals surface area (Å²) in [5.41, 5.74) is 6.67. The van der Waals surface area contributed by atoms with Crippen molar-refractivity contribution in [3.05, 3.63) is 76.4 Å². The van der Waals surface area contributed by atoms with Crippen molar-refractivity contribution in [1.82, 2.24) is 0 Å². The largest absolute Gasteiger partial charge is 0.115 e. The van der Waals surface area contributed by atoms with Gasteiger partial charge in [-0.2, -0.15) is 0 Å². The van der Waals surface area contributed by atoms with Crippen LogP contribution < -0.4 is 0 Å². The highest BCUT2D eigenvalue weighted by atomic mass is 14.3. The van der Waals surface area contributed by atoms with E-state index in [0.717, 1.165) is 12.0 Å². The molecule has 0 saturated heterocycles. The molecule has 0 fully saturated rings. The molecule has 0 N–H and O–H groups in total. The van der Waals surface area contributed by atoms with Crippen molar-refractivity contribution in [3.63, 3.8) is 0 Å². The molecule has 0 radical (unpaired) electrons. The Morgan fingerprint density at radius 2 is 2.00 bits per heavy atom. The zero-order valence-electron chi connectivity index (χ0n) is 11.3. The fourth-order valence-corrected chi connectivity index (χ4v) is 3.58. The van der Waals surface area contributed by atoms with Crippen molar-refractivity contribution < 1.29 is 0 Å². The van der Waals surface area contributed by atoms with Crippen LogP contribution in [0.2, 0.25) is 0 Å². The van der Waals surface area contributed by atoms with Crippen molar-refractivity contribution in [1.29, 1.82) is 0 Å². The summed E-state index contributed by atoms with van der Waals surface area (Å²) in [7, 11) is 0. The molecule has 0 heteroatoms. The van der Waals surface area contributed by atoms with Crippen molar-refractivity contribution >= 4 is 6.08 Å². The van der Waals surface area contributed by atoms with Crippen LogP contribution in [0.4, 0.5) is 0 Å². The summed E-state index contributed by atoms with van der Waals surface area (Å²) in [6.45, 7) is 0. The van der Waals surface area contributed by atoms with Gasteiger partial charge in [-0.3, -0.25) is 0 Å². The molecule has 0 aromatic heterocycles. The SMILES string of the molecule is C#Cc1ccc2c(c1)C1C3=C(C=CC1C=C2)CCC=C3. The molecule has 4 rings (SSSR count).